The lowest BCUT2D eigenvalue weighted by Gasteiger charge is -2.24. The Morgan fingerprint density at radius 2 is 1.84 bits per heavy atom. The van der Waals surface area contributed by atoms with Crippen molar-refractivity contribution >= 4 is 0 Å². The van der Waals surface area contributed by atoms with Gasteiger partial charge in [-0.1, -0.05) is 29.8 Å². The van der Waals surface area contributed by atoms with Gasteiger partial charge in [-0.3, -0.25) is 0 Å². The Labute approximate surface area is 117 Å². The predicted octanol–water partition coefficient (Wildman–Crippen LogP) is 2.02. The molecular weight excluding hydrogens is 234 g/mol. The zero-order chi connectivity index (χ0) is 13.7. The first-order valence-electron chi connectivity index (χ1n) is 7.38. The van der Waals surface area contributed by atoms with Crippen molar-refractivity contribution in [3.8, 4) is 0 Å². The van der Waals surface area contributed by atoms with Crippen molar-refractivity contribution in [3.05, 3.63) is 35.4 Å². The van der Waals surface area contributed by atoms with Crippen molar-refractivity contribution in [2.24, 2.45) is 5.73 Å². The molecule has 1 saturated heterocycles. The first kappa shape index (κ1) is 14.5. The maximum atomic E-state index is 6.27. The number of benzene rings is 1. The molecule has 3 nitrogen and oxygen atoms in total. The van der Waals surface area contributed by atoms with Gasteiger partial charge in [0.15, 0.2) is 0 Å². The van der Waals surface area contributed by atoms with Crippen molar-refractivity contribution < 1.29 is 0 Å². The number of likely N-dealkylation sites (tertiary alicyclic amines) is 1. The summed E-state index contributed by atoms with van der Waals surface area (Å²) in [4.78, 5) is 4.90. The van der Waals surface area contributed by atoms with Crippen LogP contribution in [-0.2, 0) is 0 Å². The van der Waals surface area contributed by atoms with E-state index in [4.69, 9.17) is 5.73 Å². The molecule has 0 amide bonds. The third-order valence-corrected chi connectivity index (χ3v) is 4.01. The second-order valence-corrected chi connectivity index (χ2v) is 5.83. The van der Waals surface area contributed by atoms with E-state index in [2.05, 4.69) is 48.0 Å². The number of likely N-dealkylation sites (N-methyl/N-ethyl adjacent to an activating group) is 1. The van der Waals surface area contributed by atoms with Gasteiger partial charge in [-0.25, -0.2) is 0 Å². The summed E-state index contributed by atoms with van der Waals surface area (Å²) in [6, 6.07) is 8.69. The lowest BCUT2D eigenvalue weighted by atomic mass is 10.1. The van der Waals surface area contributed by atoms with Gasteiger partial charge in [0.2, 0.25) is 0 Å². The van der Waals surface area contributed by atoms with E-state index in [0.717, 1.165) is 13.1 Å². The third-order valence-electron chi connectivity index (χ3n) is 4.01. The maximum absolute atomic E-state index is 6.27. The van der Waals surface area contributed by atoms with E-state index in [-0.39, 0.29) is 6.04 Å². The number of hydrogen-bond acceptors (Lipinski definition) is 3. The number of rotatable bonds is 6. The zero-order valence-electron chi connectivity index (χ0n) is 12.3. The van der Waals surface area contributed by atoms with Crippen molar-refractivity contribution in [2.45, 2.75) is 25.8 Å². The molecule has 106 valence electrons. The Morgan fingerprint density at radius 3 is 2.47 bits per heavy atom. The molecule has 2 rings (SSSR count). The number of hydrogen-bond donors (Lipinski definition) is 1. The zero-order valence-corrected chi connectivity index (χ0v) is 12.3. The fourth-order valence-corrected chi connectivity index (χ4v) is 2.66. The standard InChI is InChI=1S/C16H27N3/c1-14-5-7-15(8-6-14)16(17)13-18(2)11-12-19-9-3-4-10-19/h5-8,16H,3-4,9-13,17H2,1-2H3. The molecule has 2 N–H and O–H groups in total. The number of nitrogens with zero attached hydrogens (tertiary/aromatic N) is 2. The highest BCUT2D eigenvalue weighted by Crippen LogP contribution is 2.12. The van der Waals surface area contributed by atoms with Gasteiger partial charge in [-0.2, -0.15) is 0 Å². The molecular formula is C16H27N3. The summed E-state index contributed by atoms with van der Waals surface area (Å²) in [7, 11) is 2.17. The molecule has 0 radical (unpaired) electrons. The minimum Gasteiger partial charge on any atom is -0.323 e. The van der Waals surface area contributed by atoms with Crippen molar-refractivity contribution in [3.63, 3.8) is 0 Å². The quantitative estimate of drug-likeness (QED) is 0.850. The van der Waals surface area contributed by atoms with Crippen LogP contribution in [0.5, 0.6) is 0 Å². The summed E-state index contributed by atoms with van der Waals surface area (Å²) < 4.78 is 0. The van der Waals surface area contributed by atoms with Crippen LogP contribution in [0.3, 0.4) is 0 Å². The van der Waals surface area contributed by atoms with E-state index in [0.29, 0.717) is 0 Å². The predicted molar refractivity (Wildman–Crippen MR) is 81.3 cm³/mol. The molecule has 3 heteroatoms. The summed E-state index contributed by atoms with van der Waals surface area (Å²) in [6.45, 7) is 7.88. The molecule has 0 aliphatic carbocycles. The highest BCUT2D eigenvalue weighted by molar-refractivity contribution is 5.24. The summed E-state index contributed by atoms with van der Waals surface area (Å²) in [6.07, 6.45) is 2.74. The van der Waals surface area contributed by atoms with Crippen LogP contribution < -0.4 is 5.73 Å². The van der Waals surface area contributed by atoms with Crippen LogP contribution in [-0.4, -0.2) is 49.6 Å². The molecule has 1 atom stereocenters. The van der Waals surface area contributed by atoms with Crippen LogP contribution >= 0.6 is 0 Å². The van der Waals surface area contributed by atoms with Crippen LogP contribution in [0.1, 0.15) is 30.0 Å². The molecule has 0 bridgehead atoms. The van der Waals surface area contributed by atoms with Gasteiger partial charge >= 0.3 is 0 Å². The minimum atomic E-state index is 0.115. The Bertz CT molecular complexity index is 368. The van der Waals surface area contributed by atoms with Gasteiger partial charge in [-0.05, 0) is 45.5 Å². The first-order valence-corrected chi connectivity index (χ1v) is 7.38. The summed E-state index contributed by atoms with van der Waals surface area (Å²) in [5, 5.41) is 0. The lowest BCUT2D eigenvalue weighted by Crippen LogP contribution is -2.35. The fraction of sp³-hybridized carbons (Fsp3) is 0.625. The van der Waals surface area contributed by atoms with E-state index in [1.165, 1.54) is 43.6 Å². The topological polar surface area (TPSA) is 32.5 Å². The Morgan fingerprint density at radius 1 is 1.21 bits per heavy atom. The summed E-state index contributed by atoms with van der Waals surface area (Å²) in [5.74, 6) is 0. The average molecular weight is 261 g/mol. The smallest absolute Gasteiger partial charge is 0.0424 e. The third kappa shape index (κ3) is 4.60. The molecule has 1 aliphatic rings. The molecule has 0 saturated carbocycles. The molecule has 1 fully saturated rings. The van der Waals surface area contributed by atoms with Crippen molar-refractivity contribution in [1.82, 2.24) is 9.80 Å². The van der Waals surface area contributed by atoms with Crippen LogP contribution in [0.4, 0.5) is 0 Å². The van der Waals surface area contributed by atoms with Crippen LogP contribution in [0.15, 0.2) is 24.3 Å². The SMILES string of the molecule is Cc1ccc(C(N)CN(C)CCN2CCCC2)cc1. The van der Waals surface area contributed by atoms with E-state index < -0.39 is 0 Å². The van der Waals surface area contributed by atoms with Gasteiger partial charge in [0.05, 0.1) is 0 Å². The molecule has 19 heavy (non-hydrogen) atoms. The van der Waals surface area contributed by atoms with Crippen LogP contribution in [0.2, 0.25) is 0 Å². The highest BCUT2D eigenvalue weighted by atomic mass is 15.2. The lowest BCUT2D eigenvalue weighted by molar-refractivity contribution is 0.248. The second kappa shape index (κ2) is 7.04. The molecule has 1 heterocycles. The van der Waals surface area contributed by atoms with Gasteiger partial charge in [-0.15, -0.1) is 0 Å². The Hall–Kier alpha value is -0.900. The number of nitrogens with two attached hydrogens (primary N) is 1. The van der Waals surface area contributed by atoms with E-state index >= 15 is 0 Å². The van der Waals surface area contributed by atoms with Gasteiger partial charge in [0.25, 0.3) is 0 Å². The molecule has 1 aromatic rings. The first-order chi connectivity index (χ1) is 9.15. The van der Waals surface area contributed by atoms with Crippen LogP contribution in [0, 0.1) is 6.92 Å². The summed E-state index contributed by atoms with van der Waals surface area (Å²) in [5.41, 5.74) is 8.80. The molecule has 1 unspecified atom stereocenters. The Kier molecular flexibility index (Phi) is 5.37. The van der Waals surface area contributed by atoms with Crippen molar-refractivity contribution in [2.75, 3.05) is 39.8 Å². The second-order valence-electron chi connectivity index (χ2n) is 5.83. The van der Waals surface area contributed by atoms with Crippen LogP contribution in [0.25, 0.3) is 0 Å². The normalized spacial score (nSPS) is 18.1. The molecule has 0 aromatic heterocycles. The average Bonchev–Trinajstić information content (AvgIpc) is 2.90. The van der Waals surface area contributed by atoms with Gasteiger partial charge in [0, 0.05) is 25.7 Å². The molecule has 0 spiro atoms. The highest BCUT2D eigenvalue weighted by Gasteiger charge is 2.13. The van der Waals surface area contributed by atoms with E-state index in [1.807, 2.05) is 0 Å². The largest absolute Gasteiger partial charge is 0.323 e. The van der Waals surface area contributed by atoms with Crippen molar-refractivity contribution in [1.29, 1.82) is 0 Å². The summed E-state index contributed by atoms with van der Waals surface area (Å²) >= 11 is 0. The minimum absolute atomic E-state index is 0.115. The van der Waals surface area contributed by atoms with Gasteiger partial charge in [0.1, 0.15) is 0 Å². The van der Waals surface area contributed by atoms with E-state index in [9.17, 15) is 0 Å². The molecule has 1 aliphatic heterocycles. The molecule has 1 aromatic carbocycles. The fourth-order valence-electron chi connectivity index (χ4n) is 2.66. The Balaban J connectivity index is 1.74. The van der Waals surface area contributed by atoms with E-state index in [1.54, 1.807) is 0 Å². The monoisotopic (exact) mass is 261 g/mol. The number of aryl methyl sites for hydroxylation is 1. The van der Waals surface area contributed by atoms with Gasteiger partial charge < -0.3 is 15.5 Å². The maximum Gasteiger partial charge on any atom is 0.0424 e.